The SMILES string of the molecule is CCC(=O)N1CCCN(C)CCCN(C(=O)c2cscn2)Cc2cc(F)c(F)cc21. The van der Waals surface area contributed by atoms with E-state index in [1.54, 1.807) is 22.7 Å². The first kappa shape index (κ1) is 22.3. The molecule has 1 aromatic carbocycles. The highest BCUT2D eigenvalue weighted by atomic mass is 32.1. The number of benzene rings is 1. The zero-order chi connectivity index (χ0) is 21.7. The first-order valence-corrected chi connectivity index (χ1v) is 11.0. The number of rotatable bonds is 2. The average molecular weight is 437 g/mol. The van der Waals surface area contributed by atoms with Crippen LogP contribution in [0.4, 0.5) is 14.5 Å². The molecule has 0 atom stereocenters. The van der Waals surface area contributed by atoms with Gasteiger partial charge in [-0.2, -0.15) is 0 Å². The summed E-state index contributed by atoms with van der Waals surface area (Å²) in [5.74, 6) is -2.44. The average Bonchev–Trinajstić information content (AvgIpc) is 3.26. The molecule has 0 radical (unpaired) electrons. The lowest BCUT2D eigenvalue weighted by molar-refractivity contribution is -0.118. The second-order valence-corrected chi connectivity index (χ2v) is 8.12. The Kier molecular flexibility index (Phi) is 7.49. The third kappa shape index (κ3) is 5.20. The van der Waals surface area contributed by atoms with E-state index in [2.05, 4.69) is 9.88 Å². The van der Waals surface area contributed by atoms with Crippen molar-refractivity contribution in [2.45, 2.75) is 32.7 Å². The fourth-order valence-electron chi connectivity index (χ4n) is 3.61. The van der Waals surface area contributed by atoms with Gasteiger partial charge in [-0.25, -0.2) is 13.8 Å². The zero-order valence-corrected chi connectivity index (χ0v) is 18.1. The number of hydrogen-bond acceptors (Lipinski definition) is 5. The van der Waals surface area contributed by atoms with E-state index in [1.807, 2.05) is 7.05 Å². The van der Waals surface area contributed by atoms with Gasteiger partial charge in [0.1, 0.15) is 5.69 Å². The third-order valence-electron chi connectivity index (χ3n) is 5.21. The maximum Gasteiger partial charge on any atom is 0.273 e. The van der Waals surface area contributed by atoms with Gasteiger partial charge in [-0.15, -0.1) is 11.3 Å². The fraction of sp³-hybridized carbons (Fsp3) is 0.476. The molecule has 0 fully saturated rings. The fourth-order valence-corrected chi connectivity index (χ4v) is 4.13. The number of fused-ring (bicyclic) bond motifs is 1. The number of nitrogens with zero attached hydrogens (tertiary/aromatic N) is 4. The molecular formula is C21H26F2N4O2S. The van der Waals surface area contributed by atoms with Crippen molar-refractivity contribution >= 4 is 28.8 Å². The van der Waals surface area contributed by atoms with Crippen LogP contribution in [0.1, 0.15) is 42.2 Å². The van der Waals surface area contributed by atoms with Gasteiger partial charge in [-0.1, -0.05) is 6.92 Å². The Morgan fingerprint density at radius 3 is 2.47 bits per heavy atom. The molecular weight excluding hydrogens is 410 g/mol. The Hall–Kier alpha value is -2.39. The summed E-state index contributed by atoms with van der Waals surface area (Å²) in [4.78, 5) is 35.0. The number of hydrogen-bond donors (Lipinski definition) is 0. The standard InChI is InChI=1S/C21H26F2N4O2S/c1-3-20(28)27-9-5-7-25(2)6-4-8-26(21(29)18-13-30-14-24-18)12-15-10-16(22)17(23)11-19(15)27/h10-11,13-14H,3-9,12H2,1-2H3. The van der Waals surface area contributed by atoms with E-state index >= 15 is 0 Å². The summed E-state index contributed by atoms with van der Waals surface area (Å²) < 4.78 is 28.3. The molecule has 2 aromatic rings. The van der Waals surface area contributed by atoms with Gasteiger partial charge in [-0.05, 0) is 44.6 Å². The van der Waals surface area contributed by atoms with Crippen LogP contribution >= 0.6 is 11.3 Å². The van der Waals surface area contributed by atoms with Gasteiger partial charge in [-0.3, -0.25) is 9.59 Å². The topological polar surface area (TPSA) is 56.8 Å². The van der Waals surface area contributed by atoms with E-state index in [0.29, 0.717) is 36.5 Å². The van der Waals surface area contributed by atoms with Crippen LogP contribution in [0.3, 0.4) is 0 Å². The predicted octanol–water partition coefficient (Wildman–Crippen LogP) is 3.53. The van der Waals surface area contributed by atoms with E-state index < -0.39 is 11.6 Å². The van der Waals surface area contributed by atoms with Crippen molar-refractivity contribution in [3.8, 4) is 0 Å². The smallest absolute Gasteiger partial charge is 0.273 e. The Labute approximate surface area is 179 Å². The van der Waals surface area contributed by atoms with Crippen molar-refractivity contribution in [2.75, 3.05) is 38.1 Å². The number of carbonyl (C=O) groups excluding carboxylic acids is 2. The predicted molar refractivity (Wildman–Crippen MR) is 113 cm³/mol. The normalized spacial score (nSPS) is 16.5. The van der Waals surface area contributed by atoms with Gasteiger partial charge in [0.2, 0.25) is 5.91 Å². The maximum atomic E-state index is 14.1. The highest BCUT2D eigenvalue weighted by Gasteiger charge is 2.25. The monoisotopic (exact) mass is 436 g/mol. The van der Waals surface area contributed by atoms with E-state index in [1.165, 1.54) is 16.2 Å². The molecule has 0 saturated heterocycles. The first-order valence-electron chi connectivity index (χ1n) is 10.0. The van der Waals surface area contributed by atoms with Gasteiger partial charge in [0.15, 0.2) is 11.6 Å². The molecule has 0 spiro atoms. The Morgan fingerprint density at radius 1 is 1.10 bits per heavy atom. The van der Waals surface area contributed by atoms with E-state index in [-0.39, 0.29) is 24.8 Å². The van der Waals surface area contributed by atoms with Crippen LogP contribution < -0.4 is 4.90 Å². The summed E-state index contributed by atoms with van der Waals surface area (Å²) >= 11 is 1.32. The lowest BCUT2D eigenvalue weighted by Crippen LogP contribution is -2.38. The van der Waals surface area contributed by atoms with Gasteiger partial charge < -0.3 is 14.7 Å². The van der Waals surface area contributed by atoms with E-state index in [0.717, 1.165) is 31.6 Å². The summed E-state index contributed by atoms with van der Waals surface area (Å²) in [6.07, 6.45) is 1.70. The number of halogens is 2. The summed E-state index contributed by atoms with van der Waals surface area (Å²) in [6, 6.07) is 2.17. The summed E-state index contributed by atoms with van der Waals surface area (Å²) in [7, 11) is 1.99. The first-order chi connectivity index (χ1) is 14.4. The summed E-state index contributed by atoms with van der Waals surface area (Å²) in [5.41, 5.74) is 2.64. The minimum Gasteiger partial charge on any atom is -0.333 e. The highest BCUT2D eigenvalue weighted by Crippen LogP contribution is 2.27. The molecule has 6 nitrogen and oxygen atoms in total. The second kappa shape index (κ2) is 10.1. The van der Waals surface area contributed by atoms with Crippen molar-refractivity contribution < 1.29 is 18.4 Å². The number of amides is 2. The molecule has 2 heterocycles. The third-order valence-corrected chi connectivity index (χ3v) is 5.79. The molecule has 0 N–H and O–H groups in total. The molecule has 2 amide bonds. The maximum absolute atomic E-state index is 14.1. The molecule has 30 heavy (non-hydrogen) atoms. The van der Waals surface area contributed by atoms with Gasteiger partial charge in [0.25, 0.3) is 5.91 Å². The molecule has 9 heteroatoms. The van der Waals surface area contributed by atoms with Crippen LogP contribution in [-0.2, 0) is 11.3 Å². The number of aromatic nitrogens is 1. The molecule has 1 aromatic heterocycles. The second-order valence-electron chi connectivity index (χ2n) is 7.40. The zero-order valence-electron chi connectivity index (χ0n) is 17.2. The van der Waals surface area contributed by atoms with Crippen molar-refractivity contribution in [3.05, 3.63) is 45.9 Å². The number of anilines is 1. The minimum atomic E-state index is -1.01. The van der Waals surface area contributed by atoms with Crippen LogP contribution in [-0.4, -0.2) is 59.8 Å². The quantitative estimate of drug-likeness (QED) is 0.723. The molecule has 0 saturated carbocycles. The molecule has 0 unspecified atom stereocenters. The lowest BCUT2D eigenvalue weighted by atomic mass is 10.1. The summed E-state index contributed by atoms with van der Waals surface area (Å²) in [6.45, 7) is 4.19. The molecule has 1 aliphatic rings. The largest absolute Gasteiger partial charge is 0.333 e. The number of carbonyl (C=O) groups is 2. The van der Waals surface area contributed by atoms with Gasteiger partial charge in [0.05, 0.1) is 11.2 Å². The van der Waals surface area contributed by atoms with Crippen LogP contribution in [0.15, 0.2) is 23.0 Å². The Morgan fingerprint density at radius 2 is 1.80 bits per heavy atom. The molecule has 0 aliphatic carbocycles. The van der Waals surface area contributed by atoms with E-state index in [4.69, 9.17) is 0 Å². The van der Waals surface area contributed by atoms with Gasteiger partial charge in [0, 0.05) is 37.5 Å². The van der Waals surface area contributed by atoms with Crippen molar-refractivity contribution in [1.82, 2.24) is 14.8 Å². The molecule has 162 valence electrons. The van der Waals surface area contributed by atoms with Crippen LogP contribution in [0, 0.1) is 11.6 Å². The minimum absolute atomic E-state index is 0.0695. The molecule has 3 rings (SSSR count). The van der Waals surface area contributed by atoms with Crippen LogP contribution in [0.2, 0.25) is 0 Å². The van der Waals surface area contributed by atoms with Crippen molar-refractivity contribution in [3.63, 3.8) is 0 Å². The van der Waals surface area contributed by atoms with Crippen molar-refractivity contribution in [2.24, 2.45) is 0 Å². The van der Waals surface area contributed by atoms with Crippen LogP contribution in [0.5, 0.6) is 0 Å². The summed E-state index contributed by atoms with van der Waals surface area (Å²) in [5, 5.41) is 1.67. The Balaban J connectivity index is 2.03. The number of thiazole rings is 1. The highest BCUT2D eigenvalue weighted by molar-refractivity contribution is 7.07. The van der Waals surface area contributed by atoms with Crippen LogP contribution in [0.25, 0.3) is 0 Å². The van der Waals surface area contributed by atoms with E-state index in [9.17, 15) is 18.4 Å². The molecule has 1 aliphatic heterocycles. The lowest BCUT2D eigenvalue weighted by Gasteiger charge is -2.30. The Bertz CT molecular complexity index is 891. The molecule has 0 bridgehead atoms. The van der Waals surface area contributed by atoms with Gasteiger partial charge >= 0.3 is 0 Å². The van der Waals surface area contributed by atoms with Crippen molar-refractivity contribution in [1.29, 1.82) is 0 Å².